The lowest BCUT2D eigenvalue weighted by atomic mass is 10.1. The maximum absolute atomic E-state index is 12.0. The van der Waals surface area contributed by atoms with Crippen molar-refractivity contribution in [2.45, 2.75) is 18.6 Å². The Morgan fingerprint density at radius 3 is 2.35 bits per heavy atom. The molecule has 1 aromatic carbocycles. The number of ether oxygens (including phenoxy) is 2. The van der Waals surface area contributed by atoms with Crippen molar-refractivity contribution < 1.29 is 24.2 Å². The predicted octanol–water partition coefficient (Wildman–Crippen LogP) is 0.980. The normalized spacial score (nSPS) is 13.5. The molecule has 2 atom stereocenters. The molecule has 1 aromatic rings. The van der Waals surface area contributed by atoms with Gasteiger partial charge >= 0.3 is 5.97 Å². The summed E-state index contributed by atoms with van der Waals surface area (Å²) < 4.78 is 10.2. The maximum Gasteiger partial charge on any atom is 0.306 e. The van der Waals surface area contributed by atoms with E-state index in [4.69, 9.17) is 14.6 Å². The Morgan fingerprint density at radius 2 is 1.85 bits per heavy atom. The minimum absolute atomic E-state index is 0.119. The van der Waals surface area contributed by atoms with Crippen LogP contribution in [0.15, 0.2) is 30.3 Å². The molecule has 0 saturated heterocycles. The van der Waals surface area contributed by atoms with E-state index in [-0.39, 0.29) is 18.9 Å². The van der Waals surface area contributed by atoms with Crippen molar-refractivity contribution in [1.29, 1.82) is 0 Å². The number of carbonyl (C=O) groups excluding carboxylic acids is 1. The fraction of sp³-hybridized carbons (Fsp3) is 0.429. The Kier molecular flexibility index (Phi) is 6.69. The summed E-state index contributed by atoms with van der Waals surface area (Å²) in [7, 11) is 2.85. The number of amides is 1. The first-order valence-electron chi connectivity index (χ1n) is 6.18. The number of carboxylic acid groups (broad SMARTS) is 1. The summed E-state index contributed by atoms with van der Waals surface area (Å²) in [6.07, 6.45) is -1.46. The van der Waals surface area contributed by atoms with E-state index in [0.717, 1.165) is 5.56 Å². The second-order valence-electron chi connectivity index (χ2n) is 4.23. The van der Waals surface area contributed by atoms with Crippen LogP contribution in [0.2, 0.25) is 0 Å². The molecule has 110 valence electrons. The van der Waals surface area contributed by atoms with Crippen LogP contribution in [-0.4, -0.2) is 43.9 Å². The molecule has 6 heteroatoms. The Labute approximate surface area is 117 Å². The van der Waals surface area contributed by atoms with Crippen molar-refractivity contribution in [2.24, 2.45) is 0 Å². The van der Waals surface area contributed by atoms with E-state index in [0.29, 0.717) is 0 Å². The Bertz CT molecular complexity index is 434. The zero-order valence-corrected chi connectivity index (χ0v) is 11.5. The third-order valence-corrected chi connectivity index (χ3v) is 2.82. The molecule has 20 heavy (non-hydrogen) atoms. The van der Waals surface area contributed by atoms with Crippen LogP contribution in [0.25, 0.3) is 0 Å². The highest BCUT2D eigenvalue weighted by molar-refractivity contribution is 5.82. The Morgan fingerprint density at radius 1 is 1.20 bits per heavy atom. The highest BCUT2D eigenvalue weighted by atomic mass is 16.5. The van der Waals surface area contributed by atoms with Gasteiger partial charge in [-0.3, -0.25) is 9.59 Å². The van der Waals surface area contributed by atoms with Crippen molar-refractivity contribution in [1.82, 2.24) is 5.32 Å². The highest BCUT2D eigenvalue weighted by Crippen LogP contribution is 2.16. The lowest BCUT2D eigenvalue weighted by Gasteiger charge is -2.18. The molecule has 1 rings (SSSR count). The lowest BCUT2D eigenvalue weighted by Crippen LogP contribution is -2.37. The quantitative estimate of drug-likeness (QED) is 0.742. The molecule has 0 aromatic heterocycles. The second kappa shape index (κ2) is 8.29. The molecule has 0 radical (unpaired) electrons. The van der Waals surface area contributed by atoms with Crippen LogP contribution >= 0.6 is 0 Å². The molecule has 0 aliphatic heterocycles. The van der Waals surface area contributed by atoms with Gasteiger partial charge in [-0.1, -0.05) is 30.3 Å². The SMILES string of the molecule is COC(CNC(=O)C(OC)c1ccccc1)CC(=O)O. The molecule has 0 spiro atoms. The summed E-state index contributed by atoms with van der Waals surface area (Å²) in [6.45, 7) is 0.119. The van der Waals surface area contributed by atoms with Gasteiger partial charge < -0.3 is 19.9 Å². The van der Waals surface area contributed by atoms with E-state index in [1.807, 2.05) is 18.2 Å². The molecule has 2 N–H and O–H groups in total. The van der Waals surface area contributed by atoms with Crippen LogP contribution in [0, 0.1) is 0 Å². The zero-order chi connectivity index (χ0) is 15.0. The Hall–Kier alpha value is -1.92. The molecule has 0 aliphatic carbocycles. The van der Waals surface area contributed by atoms with Crippen molar-refractivity contribution >= 4 is 11.9 Å². The highest BCUT2D eigenvalue weighted by Gasteiger charge is 2.21. The number of carboxylic acids is 1. The molecule has 6 nitrogen and oxygen atoms in total. The van der Waals surface area contributed by atoms with Gasteiger partial charge in [-0.15, -0.1) is 0 Å². The first-order chi connectivity index (χ1) is 9.58. The molecular weight excluding hydrogens is 262 g/mol. The molecule has 1 amide bonds. The summed E-state index contributed by atoms with van der Waals surface area (Å²) in [4.78, 5) is 22.6. The zero-order valence-electron chi connectivity index (χ0n) is 11.5. The number of hydrogen-bond donors (Lipinski definition) is 2. The monoisotopic (exact) mass is 281 g/mol. The predicted molar refractivity (Wildman–Crippen MR) is 72.3 cm³/mol. The third kappa shape index (κ3) is 4.99. The van der Waals surface area contributed by atoms with Crippen molar-refractivity contribution in [3.63, 3.8) is 0 Å². The van der Waals surface area contributed by atoms with Crippen LogP contribution in [0.3, 0.4) is 0 Å². The molecule has 0 aliphatic rings. The van der Waals surface area contributed by atoms with Gasteiger partial charge in [0.15, 0.2) is 6.10 Å². The molecular formula is C14H19NO5. The van der Waals surface area contributed by atoms with Gasteiger partial charge in [-0.25, -0.2) is 0 Å². The number of rotatable bonds is 8. The second-order valence-corrected chi connectivity index (χ2v) is 4.23. The van der Waals surface area contributed by atoms with Crippen molar-refractivity contribution in [3.05, 3.63) is 35.9 Å². The van der Waals surface area contributed by atoms with Gasteiger partial charge in [0.2, 0.25) is 0 Å². The summed E-state index contributed by atoms with van der Waals surface area (Å²) in [5.41, 5.74) is 0.736. The first-order valence-corrected chi connectivity index (χ1v) is 6.18. The van der Waals surface area contributed by atoms with Crippen LogP contribution in [-0.2, 0) is 19.1 Å². The van der Waals surface area contributed by atoms with Crippen LogP contribution in [0.1, 0.15) is 18.1 Å². The van der Waals surface area contributed by atoms with E-state index < -0.39 is 18.2 Å². The van der Waals surface area contributed by atoms with E-state index in [2.05, 4.69) is 5.32 Å². The number of hydrogen-bond acceptors (Lipinski definition) is 4. The van der Waals surface area contributed by atoms with E-state index >= 15 is 0 Å². The fourth-order valence-electron chi connectivity index (χ4n) is 1.76. The van der Waals surface area contributed by atoms with Gasteiger partial charge in [-0.05, 0) is 5.56 Å². The van der Waals surface area contributed by atoms with Crippen LogP contribution < -0.4 is 5.32 Å². The van der Waals surface area contributed by atoms with Gasteiger partial charge in [0.05, 0.1) is 12.5 Å². The first kappa shape index (κ1) is 16.1. The number of aliphatic carboxylic acids is 1. The van der Waals surface area contributed by atoms with Crippen LogP contribution in [0.5, 0.6) is 0 Å². The molecule has 2 unspecified atom stereocenters. The minimum Gasteiger partial charge on any atom is -0.481 e. The van der Waals surface area contributed by atoms with E-state index in [9.17, 15) is 9.59 Å². The Balaban J connectivity index is 2.58. The smallest absolute Gasteiger partial charge is 0.306 e. The van der Waals surface area contributed by atoms with E-state index in [1.165, 1.54) is 14.2 Å². The van der Waals surface area contributed by atoms with Crippen LogP contribution in [0.4, 0.5) is 0 Å². The average molecular weight is 281 g/mol. The largest absolute Gasteiger partial charge is 0.481 e. The van der Waals surface area contributed by atoms with Gasteiger partial charge in [0.1, 0.15) is 0 Å². The van der Waals surface area contributed by atoms with Gasteiger partial charge in [0, 0.05) is 20.8 Å². The topological polar surface area (TPSA) is 84.9 Å². The molecule has 0 heterocycles. The average Bonchev–Trinajstić information content (AvgIpc) is 2.45. The number of methoxy groups -OCH3 is 2. The van der Waals surface area contributed by atoms with E-state index in [1.54, 1.807) is 12.1 Å². The number of benzene rings is 1. The summed E-state index contributed by atoms with van der Waals surface area (Å²) in [5.74, 6) is -1.30. The molecule has 0 bridgehead atoms. The van der Waals surface area contributed by atoms with Crippen molar-refractivity contribution in [2.75, 3.05) is 20.8 Å². The lowest BCUT2D eigenvalue weighted by molar-refractivity contribution is -0.140. The third-order valence-electron chi connectivity index (χ3n) is 2.82. The number of nitrogens with one attached hydrogen (secondary N) is 1. The molecule has 0 saturated carbocycles. The summed E-state index contributed by atoms with van der Waals surface area (Å²) >= 11 is 0. The maximum atomic E-state index is 12.0. The summed E-state index contributed by atoms with van der Waals surface area (Å²) in [6, 6.07) is 9.06. The van der Waals surface area contributed by atoms with Crippen molar-refractivity contribution in [3.8, 4) is 0 Å². The van der Waals surface area contributed by atoms with Gasteiger partial charge in [-0.2, -0.15) is 0 Å². The fourth-order valence-corrected chi connectivity index (χ4v) is 1.76. The minimum atomic E-state index is -0.975. The standard InChI is InChI=1S/C14H19NO5/c1-19-11(8-12(16)17)9-15-14(18)13(20-2)10-6-4-3-5-7-10/h3-7,11,13H,8-9H2,1-2H3,(H,15,18)(H,16,17). The number of carbonyl (C=O) groups is 2. The molecule has 0 fully saturated rings. The summed E-state index contributed by atoms with van der Waals surface area (Å²) in [5, 5.41) is 11.3. The van der Waals surface area contributed by atoms with Gasteiger partial charge in [0.25, 0.3) is 5.91 Å².